The van der Waals surface area contributed by atoms with Gasteiger partial charge in [0.1, 0.15) is 23.8 Å². The molecule has 2 heterocycles. The number of nitrogens with zero attached hydrogens (tertiary/aromatic N) is 1. The fourth-order valence-corrected chi connectivity index (χ4v) is 8.10. The van der Waals surface area contributed by atoms with Crippen LogP contribution in [0.4, 0.5) is 0 Å². The Morgan fingerprint density at radius 3 is 2.43 bits per heavy atom. The Bertz CT molecular complexity index is 1430. The normalized spacial score (nSPS) is 22.8. The van der Waals surface area contributed by atoms with Gasteiger partial charge in [-0.25, -0.2) is 4.79 Å². The Morgan fingerprint density at radius 2 is 1.76 bits per heavy atom. The number of carboxylic acids is 2. The fourth-order valence-electron chi connectivity index (χ4n) is 6.77. The Morgan fingerprint density at radius 1 is 1.04 bits per heavy atom. The molecule has 1 aromatic heterocycles. The lowest BCUT2D eigenvalue weighted by Gasteiger charge is -2.34. The number of thioether (sulfide) groups is 1. The van der Waals surface area contributed by atoms with Gasteiger partial charge in [-0.1, -0.05) is 36.8 Å². The number of carbonyl (C=O) groups is 5. The average Bonchev–Trinajstić information content (AvgIpc) is 3.42. The highest BCUT2D eigenvalue weighted by Crippen LogP contribution is 2.51. The first kappa shape index (κ1) is 38.0. The van der Waals surface area contributed by atoms with Gasteiger partial charge >= 0.3 is 17.9 Å². The second kappa shape index (κ2) is 18.3. The number of aliphatic hydroxyl groups is 2. The van der Waals surface area contributed by atoms with E-state index in [1.807, 2.05) is 17.4 Å². The third-order valence-corrected chi connectivity index (χ3v) is 10.6. The molecule has 0 saturated carbocycles. The van der Waals surface area contributed by atoms with Gasteiger partial charge < -0.3 is 41.5 Å². The zero-order valence-corrected chi connectivity index (χ0v) is 28.2. The van der Waals surface area contributed by atoms with Gasteiger partial charge in [-0.05, 0) is 74.1 Å². The summed E-state index contributed by atoms with van der Waals surface area (Å²) in [6.07, 6.45) is 8.57. The Labute approximate surface area is 288 Å². The second-order valence-electron chi connectivity index (χ2n) is 12.7. The van der Waals surface area contributed by atoms with E-state index in [1.54, 1.807) is 12.4 Å². The van der Waals surface area contributed by atoms with Crippen molar-refractivity contribution in [3.8, 4) is 0 Å². The van der Waals surface area contributed by atoms with Crippen LogP contribution in [0.1, 0.15) is 76.2 Å². The number of nitrogens with two attached hydrogens (primary N) is 1. The standard InChI is InChI=1S/C34H46N4O10S/c35-23(32(43)44)9-10-26(40)37-24(30(41)38-31(42)33(45)46)18-49-25-8-4-2-1-3-6-20-17-21(16-19-11-13-36-14-12-19)22(7-5-15-39)28-27(20)29(25)48-34(28)47/h11-14,20,23-25,28,31,39,42H,1-10,15-18,35H2,(H,37,40)(H,38,41)(H,43,44)(H,45,46)/t20-,23-,24-,25+,28+,31-/m0/s1. The first-order valence-corrected chi connectivity index (χ1v) is 17.8. The second-order valence-corrected chi connectivity index (χ2v) is 14.0. The third kappa shape index (κ3) is 10.4. The minimum atomic E-state index is -2.21. The fraction of sp³-hybridized carbons (Fsp3) is 0.588. The molecule has 0 spiro atoms. The highest BCUT2D eigenvalue weighted by atomic mass is 32.2. The topological polar surface area (TPSA) is 238 Å². The average molecular weight is 703 g/mol. The van der Waals surface area contributed by atoms with Crippen LogP contribution in [-0.2, 0) is 35.1 Å². The van der Waals surface area contributed by atoms with E-state index < -0.39 is 48.0 Å². The van der Waals surface area contributed by atoms with Gasteiger partial charge in [0.25, 0.3) is 0 Å². The van der Waals surface area contributed by atoms with Crippen LogP contribution in [0.15, 0.2) is 47.0 Å². The quantitative estimate of drug-likeness (QED) is 0.0740. The predicted octanol–water partition coefficient (Wildman–Crippen LogP) is 1.79. The van der Waals surface area contributed by atoms with E-state index in [1.165, 1.54) is 17.3 Å². The number of rotatable bonds is 16. The number of allylic oxidation sites excluding steroid dienone is 1. The number of ether oxygens (including phenoxy) is 1. The molecular formula is C34H46N4O10S. The molecule has 0 radical (unpaired) electrons. The molecule has 6 atom stereocenters. The lowest BCUT2D eigenvalue weighted by molar-refractivity contribution is -0.151. The van der Waals surface area contributed by atoms with E-state index in [2.05, 4.69) is 10.3 Å². The van der Waals surface area contributed by atoms with Crippen molar-refractivity contribution in [3.63, 3.8) is 0 Å². The van der Waals surface area contributed by atoms with Crippen molar-refractivity contribution in [1.29, 1.82) is 0 Å². The Balaban J connectivity index is 1.64. The molecule has 4 rings (SSSR count). The molecule has 2 aliphatic carbocycles. The minimum Gasteiger partial charge on any atom is -0.480 e. The van der Waals surface area contributed by atoms with Crippen LogP contribution >= 0.6 is 11.8 Å². The van der Waals surface area contributed by atoms with Crippen LogP contribution in [-0.4, -0.2) is 91.1 Å². The lowest BCUT2D eigenvalue weighted by atomic mass is 9.69. The molecule has 3 aliphatic rings. The molecule has 1 aromatic rings. The minimum absolute atomic E-state index is 0.0182. The van der Waals surface area contributed by atoms with Crippen LogP contribution < -0.4 is 16.4 Å². The molecule has 2 amide bonds. The van der Waals surface area contributed by atoms with Gasteiger partial charge in [0.15, 0.2) is 0 Å². The highest BCUT2D eigenvalue weighted by Gasteiger charge is 2.47. The van der Waals surface area contributed by atoms with E-state index in [4.69, 9.17) is 20.7 Å². The summed E-state index contributed by atoms with van der Waals surface area (Å²) in [4.78, 5) is 66.1. The molecular weight excluding hydrogens is 656 g/mol. The zero-order chi connectivity index (χ0) is 35.5. The molecule has 268 valence electrons. The number of hydrogen-bond acceptors (Lipinski definition) is 11. The maximum absolute atomic E-state index is 13.8. The molecule has 15 heteroatoms. The van der Waals surface area contributed by atoms with Gasteiger partial charge in [-0.2, -0.15) is 0 Å². The third-order valence-electron chi connectivity index (χ3n) is 9.24. The summed E-state index contributed by atoms with van der Waals surface area (Å²) >= 11 is 1.30. The molecule has 0 bridgehead atoms. The molecule has 0 fully saturated rings. The number of carboxylic acid groups (broad SMARTS) is 2. The first-order chi connectivity index (χ1) is 23.5. The number of aromatic nitrogens is 1. The molecule has 0 unspecified atom stereocenters. The van der Waals surface area contributed by atoms with Gasteiger partial charge in [0, 0.05) is 31.2 Å². The van der Waals surface area contributed by atoms with Crippen LogP contribution in [0.25, 0.3) is 0 Å². The summed E-state index contributed by atoms with van der Waals surface area (Å²) in [5, 5.41) is 41.8. The maximum atomic E-state index is 13.8. The molecule has 14 nitrogen and oxygen atoms in total. The van der Waals surface area contributed by atoms with Crippen molar-refractivity contribution in [2.45, 2.75) is 101 Å². The molecule has 1 aliphatic heterocycles. The Hall–Kier alpha value is -3.79. The summed E-state index contributed by atoms with van der Waals surface area (Å²) in [6.45, 7) is -0.0182. The highest BCUT2D eigenvalue weighted by molar-refractivity contribution is 8.00. The van der Waals surface area contributed by atoms with Gasteiger partial charge in [-0.15, -0.1) is 11.8 Å². The smallest absolute Gasteiger partial charge is 0.353 e. The molecule has 0 aromatic carbocycles. The van der Waals surface area contributed by atoms with Crippen LogP contribution in [0.5, 0.6) is 0 Å². The van der Waals surface area contributed by atoms with E-state index in [-0.39, 0.29) is 42.3 Å². The number of pyridine rings is 1. The Kier molecular flexibility index (Phi) is 14.2. The number of amides is 2. The van der Waals surface area contributed by atoms with Gasteiger partial charge in [0.2, 0.25) is 18.0 Å². The van der Waals surface area contributed by atoms with E-state index in [0.29, 0.717) is 31.4 Å². The summed E-state index contributed by atoms with van der Waals surface area (Å²) < 4.78 is 6.13. The number of nitrogens with one attached hydrogen (secondary N) is 2. The lowest BCUT2D eigenvalue weighted by Crippen LogP contribution is -2.53. The van der Waals surface area contributed by atoms with Crippen molar-refractivity contribution < 1.29 is 49.1 Å². The maximum Gasteiger partial charge on any atom is 0.353 e. The molecule has 49 heavy (non-hydrogen) atoms. The number of aliphatic hydroxyl groups excluding tert-OH is 2. The van der Waals surface area contributed by atoms with Crippen LogP contribution in [0.3, 0.4) is 0 Å². The van der Waals surface area contributed by atoms with Crippen molar-refractivity contribution in [2.24, 2.45) is 17.6 Å². The van der Waals surface area contributed by atoms with Gasteiger partial charge in [-0.3, -0.25) is 24.2 Å². The van der Waals surface area contributed by atoms with E-state index in [9.17, 15) is 34.2 Å². The summed E-state index contributed by atoms with van der Waals surface area (Å²) in [5.41, 5.74) is 9.71. The van der Waals surface area contributed by atoms with Crippen molar-refractivity contribution in [3.05, 3.63) is 52.6 Å². The van der Waals surface area contributed by atoms with Crippen LogP contribution in [0, 0.1) is 11.8 Å². The van der Waals surface area contributed by atoms with E-state index >= 15 is 0 Å². The van der Waals surface area contributed by atoms with Gasteiger partial charge in [0.05, 0.1) is 5.25 Å². The summed E-state index contributed by atoms with van der Waals surface area (Å²) in [5.74, 6) is -4.92. The molecule has 8 N–H and O–H groups in total. The van der Waals surface area contributed by atoms with E-state index in [0.717, 1.165) is 55.2 Å². The largest absolute Gasteiger partial charge is 0.480 e. The number of carbonyl (C=O) groups excluding carboxylic acids is 3. The predicted molar refractivity (Wildman–Crippen MR) is 179 cm³/mol. The zero-order valence-electron chi connectivity index (χ0n) is 27.3. The number of hydrogen-bond donors (Lipinski definition) is 7. The summed E-state index contributed by atoms with van der Waals surface area (Å²) in [6, 6.07) is 1.34. The SMILES string of the molecule is N[C@@H](CCC(=O)N[C@@H](CS[C@@H]1CCCCCC[C@H]2CC(Cc3ccncc3)=C(CCCO)[C@H]3C(=O)OC1=C23)C(=O)N[C@@H](O)C(=O)O)C(=O)O. The van der Waals surface area contributed by atoms with Crippen LogP contribution in [0.2, 0.25) is 0 Å². The molecule has 0 saturated heterocycles. The van der Waals surface area contributed by atoms with Crippen molar-refractivity contribution in [1.82, 2.24) is 15.6 Å². The summed E-state index contributed by atoms with van der Waals surface area (Å²) in [7, 11) is 0. The number of esters is 1. The monoisotopic (exact) mass is 702 g/mol. The van der Waals surface area contributed by atoms with Crippen molar-refractivity contribution >= 4 is 41.5 Å². The first-order valence-electron chi connectivity index (χ1n) is 16.8. The van der Waals surface area contributed by atoms with Crippen molar-refractivity contribution in [2.75, 3.05) is 12.4 Å². The number of aliphatic carboxylic acids is 2.